The van der Waals surface area contributed by atoms with Crippen molar-refractivity contribution >= 4 is 28.8 Å². The lowest BCUT2D eigenvalue weighted by atomic mass is 10.1. The van der Waals surface area contributed by atoms with Gasteiger partial charge < -0.3 is 19.4 Å². The van der Waals surface area contributed by atoms with Gasteiger partial charge in [0, 0.05) is 35.5 Å². The third kappa shape index (κ3) is 3.27. The minimum absolute atomic E-state index is 0.0183. The molecule has 0 bridgehead atoms. The fraction of sp³-hybridized carbons (Fsp3) is 0.471. The van der Waals surface area contributed by atoms with Crippen molar-refractivity contribution in [1.29, 1.82) is 0 Å². The molecule has 6 heteroatoms. The number of carbonyl (C=O) groups excluding carboxylic acids is 1. The van der Waals surface area contributed by atoms with E-state index in [0.717, 1.165) is 52.6 Å². The summed E-state index contributed by atoms with van der Waals surface area (Å²) in [6.45, 7) is 5.58. The topological polar surface area (TPSA) is 54.7 Å². The van der Waals surface area contributed by atoms with Crippen molar-refractivity contribution in [2.24, 2.45) is 0 Å². The Balaban J connectivity index is 1.78. The Kier molecular flexibility index (Phi) is 4.71. The smallest absolute Gasteiger partial charge is 0.318 e. The predicted molar refractivity (Wildman–Crippen MR) is 93.3 cm³/mol. The van der Waals surface area contributed by atoms with Crippen LogP contribution in [0.5, 0.6) is 5.75 Å². The van der Waals surface area contributed by atoms with Crippen LogP contribution in [-0.2, 0) is 0 Å². The monoisotopic (exact) mass is 334 g/mol. The lowest BCUT2D eigenvalue weighted by molar-refractivity contribution is 0.198. The van der Waals surface area contributed by atoms with Crippen molar-refractivity contribution in [1.82, 2.24) is 10.2 Å². The fourth-order valence-corrected chi connectivity index (χ4v) is 3.77. The van der Waals surface area contributed by atoms with E-state index in [0.29, 0.717) is 0 Å². The molecule has 23 heavy (non-hydrogen) atoms. The molecule has 0 radical (unpaired) electrons. The van der Waals surface area contributed by atoms with Gasteiger partial charge in [0.05, 0.1) is 13.2 Å². The van der Waals surface area contributed by atoms with Crippen LogP contribution in [0.25, 0.3) is 11.0 Å². The van der Waals surface area contributed by atoms with Crippen LogP contribution in [0.3, 0.4) is 0 Å². The summed E-state index contributed by atoms with van der Waals surface area (Å²) < 4.78 is 11.2. The molecule has 1 N–H and O–H groups in total. The number of amides is 2. The van der Waals surface area contributed by atoms with E-state index in [-0.39, 0.29) is 12.1 Å². The summed E-state index contributed by atoms with van der Waals surface area (Å²) in [5.41, 5.74) is 1.86. The third-order valence-corrected chi connectivity index (χ3v) is 5.15. The molecule has 1 unspecified atom stereocenters. The van der Waals surface area contributed by atoms with Crippen LogP contribution in [0.15, 0.2) is 22.6 Å². The Morgan fingerprint density at radius 3 is 2.83 bits per heavy atom. The highest BCUT2D eigenvalue weighted by atomic mass is 32.2. The zero-order valence-electron chi connectivity index (χ0n) is 13.7. The average molecular weight is 334 g/mol. The Morgan fingerprint density at radius 1 is 1.39 bits per heavy atom. The number of thioether (sulfide) groups is 1. The molecule has 1 aliphatic rings. The van der Waals surface area contributed by atoms with E-state index in [1.807, 2.05) is 48.7 Å². The maximum atomic E-state index is 12.4. The number of urea groups is 1. The van der Waals surface area contributed by atoms with E-state index >= 15 is 0 Å². The summed E-state index contributed by atoms with van der Waals surface area (Å²) in [6.07, 6.45) is 0. The molecule has 2 amide bonds. The molecule has 1 aromatic carbocycles. The maximum Gasteiger partial charge on any atom is 0.318 e. The van der Waals surface area contributed by atoms with Crippen LogP contribution < -0.4 is 10.1 Å². The van der Waals surface area contributed by atoms with Crippen LogP contribution in [0.2, 0.25) is 0 Å². The second-order valence-corrected chi connectivity index (χ2v) is 6.95. The number of rotatable bonds is 3. The average Bonchev–Trinajstić information content (AvgIpc) is 2.92. The van der Waals surface area contributed by atoms with E-state index in [1.54, 1.807) is 7.11 Å². The first-order valence-electron chi connectivity index (χ1n) is 7.80. The summed E-state index contributed by atoms with van der Waals surface area (Å²) >= 11 is 1.89. The van der Waals surface area contributed by atoms with Crippen molar-refractivity contribution in [3.63, 3.8) is 0 Å². The molecule has 0 saturated carbocycles. The number of aryl methyl sites for hydroxylation is 1. The highest BCUT2D eigenvalue weighted by molar-refractivity contribution is 7.99. The summed E-state index contributed by atoms with van der Waals surface area (Å²) in [5, 5.41) is 4.07. The second-order valence-electron chi connectivity index (χ2n) is 5.72. The largest absolute Gasteiger partial charge is 0.497 e. The number of benzene rings is 1. The fourth-order valence-electron chi connectivity index (χ4n) is 2.87. The molecule has 2 aromatic rings. The third-order valence-electron chi connectivity index (χ3n) is 4.21. The zero-order valence-corrected chi connectivity index (χ0v) is 14.5. The second kappa shape index (κ2) is 6.74. The van der Waals surface area contributed by atoms with E-state index in [9.17, 15) is 4.79 Å². The Bertz CT molecular complexity index is 707. The molecule has 1 aromatic heterocycles. The van der Waals surface area contributed by atoms with E-state index in [1.165, 1.54) is 0 Å². The number of fused-ring (bicyclic) bond motifs is 1. The van der Waals surface area contributed by atoms with Gasteiger partial charge in [-0.3, -0.25) is 0 Å². The molecule has 2 heterocycles. The number of methoxy groups -OCH3 is 1. The van der Waals surface area contributed by atoms with Crippen molar-refractivity contribution in [2.75, 3.05) is 31.7 Å². The minimum Gasteiger partial charge on any atom is -0.497 e. The summed E-state index contributed by atoms with van der Waals surface area (Å²) in [6, 6.07) is 5.56. The molecule has 3 rings (SSSR count). The molecule has 1 aliphatic heterocycles. The summed E-state index contributed by atoms with van der Waals surface area (Å²) in [7, 11) is 1.65. The molecule has 0 aliphatic carbocycles. The van der Waals surface area contributed by atoms with Crippen molar-refractivity contribution in [3.05, 3.63) is 29.5 Å². The van der Waals surface area contributed by atoms with Gasteiger partial charge in [-0.25, -0.2) is 4.79 Å². The molecule has 1 atom stereocenters. The van der Waals surface area contributed by atoms with Gasteiger partial charge >= 0.3 is 6.03 Å². The SMILES string of the molecule is COc1ccc2oc(C(C)NC(=O)N3CCSCC3)c(C)c2c1. The highest BCUT2D eigenvalue weighted by Gasteiger charge is 2.22. The molecule has 1 fully saturated rings. The molecule has 0 spiro atoms. The first kappa shape index (κ1) is 16.1. The molecular weight excluding hydrogens is 312 g/mol. The number of carbonyl (C=O) groups is 1. The minimum atomic E-state index is -0.171. The van der Waals surface area contributed by atoms with Crippen LogP contribution >= 0.6 is 11.8 Å². The van der Waals surface area contributed by atoms with Gasteiger partial charge in [-0.2, -0.15) is 11.8 Å². The van der Waals surface area contributed by atoms with Gasteiger partial charge in [0.2, 0.25) is 0 Å². The van der Waals surface area contributed by atoms with Gasteiger partial charge in [0.25, 0.3) is 0 Å². The number of furan rings is 1. The van der Waals surface area contributed by atoms with Gasteiger partial charge in [0.15, 0.2) is 0 Å². The Morgan fingerprint density at radius 2 is 2.13 bits per heavy atom. The number of ether oxygens (including phenoxy) is 1. The Hall–Kier alpha value is -1.82. The standard InChI is InChI=1S/C17H22N2O3S/c1-11-14-10-13(21-3)4-5-15(14)22-16(11)12(2)18-17(20)19-6-8-23-9-7-19/h4-5,10,12H,6-9H2,1-3H3,(H,18,20). The first-order valence-corrected chi connectivity index (χ1v) is 8.96. The number of nitrogens with zero attached hydrogens (tertiary/aromatic N) is 1. The predicted octanol–water partition coefficient (Wildman–Crippen LogP) is 3.57. The normalized spacial score (nSPS) is 16.4. The van der Waals surface area contributed by atoms with Crippen LogP contribution in [0.4, 0.5) is 4.79 Å². The molecular formula is C17H22N2O3S. The van der Waals surface area contributed by atoms with Gasteiger partial charge in [0.1, 0.15) is 17.1 Å². The molecule has 1 saturated heterocycles. The molecule has 124 valence electrons. The molecule has 5 nitrogen and oxygen atoms in total. The zero-order chi connectivity index (χ0) is 16.4. The van der Waals surface area contributed by atoms with E-state index in [2.05, 4.69) is 5.32 Å². The van der Waals surface area contributed by atoms with Crippen molar-refractivity contribution in [2.45, 2.75) is 19.9 Å². The lowest BCUT2D eigenvalue weighted by Gasteiger charge is -2.27. The summed E-state index contributed by atoms with van der Waals surface area (Å²) in [4.78, 5) is 14.2. The number of hydrogen-bond acceptors (Lipinski definition) is 4. The van der Waals surface area contributed by atoms with E-state index < -0.39 is 0 Å². The van der Waals surface area contributed by atoms with Crippen molar-refractivity contribution < 1.29 is 13.9 Å². The quantitative estimate of drug-likeness (QED) is 0.932. The van der Waals surface area contributed by atoms with E-state index in [4.69, 9.17) is 9.15 Å². The van der Waals surface area contributed by atoms with Crippen LogP contribution in [0.1, 0.15) is 24.3 Å². The first-order chi connectivity index (χ1) is 11.1. The van der Waals surface area contributed by atoms with Crippen LogP contribution in [-0.4, -0.2) is 42.6 Å². The highest BCUT2D eigenvalue weighted by Crippen LogP contribution is 2.32. The van der Waals surface area contributed by atoms with Crippen molar-refractivity contribution in [3.8, 4) is 5.75 Å². The van der Waals surface area contributed by atoms with Gasteiger partial charge in [-0.1, -0.05) is 0 Å². The number of nitrogens with one attached hydrogen (secondary N) is 1. The summed E-state index contributed by atoms with van der Waals surface area (Å²) in [5.74, 6) is 3.61. The Labute approximate surface area is 140 Å². The van der Waals surface area contributed by atoms with Crippen LogP contribution in [0, 0.1) is 6.92 Å². The lowest BCUT2D eigenvalue weighted by Crippen LogP contribution is -2.45. The maximum absolute atomic E-state index is 12.4. The van der Waals surface area contributed by atoms with Gasteiger partial charge in [-0.05, 0) is 32.0 Å². The van der Waals surface area contributed by atoms with Gasteiger partial charge in [-0.15, -0.1) is 0 Å². The number of hydrogen-bond donors (Lipinski definition) is 1.